The van der Waals surface area contributed by atoms with Gasteiger partial charge in [-0.1, -0.05) is 23.8 Å². The van der Waals surface area contributed by atoms with Gasteiger partial charge in [0.25, 0.3) is 0 Å². The third-order valence-corrected chi connectivity index (χ3v) is 7.19. The van der Waals surface area contributed by atoms with Gasteiger partial charge in [-0.05, 0) is 37.6 Å². The maximum absolute atomic E-state index is 13.8. The third kappa shape index (κ3) is 2.63. The summed E-state index contributed by atoms with van der Waals surface area (Å²) in [5.41, 5.74) is 1.47. The van der Waals surface area contributed by atoms with Crippen molar-refractivity contribution in [1.82, 2.24) is 10.2 Å². The summed E-state index contributed by atoms with van der Waals surface area (Å²) in [4.78, 5) is 41.9. The van der Waals surface area contributed by atoms with Crippen molar-refractivity contribution >= 4 is 23.4 Å². The molecule has 0 aliphatic carbocycles. The van der Waals surface area contributed by atoms with Crippen LogP contribution in [0.25, 0.3) is 0 Å². The van der Waals surface area contributed by atoms with Gasteiger partial charge in [-0.3, -0.25) is 24.6 Å². The number of hydrogen-bond acceptors (Lipinski definition) is 7. The quantitative estimate of drug-likeness (QED) is 0.599. The fourth-order valence-corrected chi connectivity index (χ4v) is 5.70. The van der Waals surface area contributed by atoms with Crippen molar-refractivity contribution in [2.45, 2.75) is 38.1 Å². The van der Waals surface area contributed by atoms with Crippen LogP contribution >= 0.6 is 0 Å². The Balaban J connectivity index is 1.42. The van der Waals surface area contributed by atoms with Gasteiger partial charge in [-0.15, -0.1) is 0 Å². The van der Waals surface area contributed by atoms with E-state index in [0.29, 0.717) is 28.3 Å². The molecule has 2 aromatic carbocycles. The number of imide groups is 1. The van der Waals surface area contributed by atoms with Crippen molar-refractivity contribution in [3.63, 3.8) is 0 Å². The van der Waals surface area contributed by atoms with Gasteiger partial charge < -0.3 is 19.9 Å². The van der Waals surface area contributed by atoms with Gasteiger partial charge in [-0.25, -0.2) is 0 Å². The smallest absolute Gasteiger partial charge is 0.250 e. The molecule has 0 bridgehead atoms. The lowest BCUT2D eigenvalue weighted by Crippen LogP contribution is -2.54. The maximum atomic E-state index is 13.8. The van der Waals surface area contributed by atoms with Crippen molar-refractivity contribution < 1.29 is 29.0 Å². The minimum atomic E-state index is -1.41. The molecule has 5 atom stereocenters. The molecule has 9 nitrogen and oxygen atoms in total. The SMILES string of the molecule is Cc1ccc2c(c1)C1(NC(C(C)O)C3C(=O)N(Cc4ccc5c(c4)OCO5)C(=O)C31)C(=O)N2. The molecule has 2 aromatic rings. The molecule has 4 aliphatic heterocycles. The molecule has 5 unspecified atom stereocenters. The average molecular weight is 449 g/mol. The zero-order valence-corrected chi connectivity index (χ0v) is 18.1. The van der Waals surface area contributed by atoms with Gasteiger partial charge in [0.15, 0.2) is 11.5 Å². The van der Waals surface area contributed by atoms with E-state index in [9.17, 15) is 19.5 Å². The summed E-state index contributed by atoms with van der Waals surface area (Å²) < 4.78 is 10.7. The highest BCUT2D eigenvalue weighted by atomic mass is 16.7. The Labute approximate surface area is 189 Å². The molecule has 3 amide bonds. The molecule has 0 aromatic heterocycles. The molecule has 170 valence electrons. The fourth-order valence-electron chi connectivity index (χ4n) is 5.70. The van der Waals surface area contributed by atoms with E-state index in [1.54, 1.807) is 31.2 Å². The lowest BCUT2D eigenvalue weighted by Gasteiger charge is -2.30. The van der Waals surface area contributed by atoms with Gasteiger partial charge in [0.1, 0.15) is 5.54 Å². The second kappa shape index (κ2) is 6.79. The number of aliphatic hydroxyl groups is 1. The van der Waals surface area contributed by atoms with E-state index < -0.39 is 41.3 Å². The molecule has 6 rings (SSSR count). The van der Waals surface area contributed by atoms with E-state index in [2.05, 4.69) is 10.6 Å². The van der Waals surface area contributed by atoms with Gasteiger partial charge in [0.05, 0.1) is 24.5 Å². The standard InChI is InChI=1S/C24H23N3O6/c1-11-3-5-15-14(7-11)24(23(31)25-15)19-18(20(26-24)12(2)28)21(29)27(22(19)30)9-13-4-6-16-17(8-13)33-10-32-16/h3-8,12,18-20,26,28H,9-10H2,1-2H3,(H,25,31). The monoisotopic (exact) mass is 449 g/mol. The van der Waals surface area contributed by atoms with E-state index in [1.165, 1.54) is 4.90 Å². The van der Waals surface area contributed by atoms with Gasteiger partial charge in [0.2, 0.25) is 24.5 Å². The van der Waals surface area contributed by atoms with Crippen molar-refractivity contribution in [1.29, 1.82) is 0 Å². The highest BCUT2D eigenvalue weighted by Gasteiger charge is 2.71. The minimum absolute atomic E-state index is 0.0478. The van der Waals surface area contributed by atoms with Crippen LogP contribution in [0.1, 0.15) is 23.6 Å². The largest absolute Gasteiger partial charge is 0.454 e. The second-order valence-corrected chi connectivity index (χ2v) is 9.18. The van der Waals surface area contributed by atoms with E-state index in [1.807, 2.05) is 19.1 Å². The number of anilines is 1. The number of likely N-dealkylation sites (tertiary alicyclic amines) is 1. The molecule has 4 heterocycles. The molecule has 2 fully saturated rings. The molecule has 1 spiro atoms. The van der Waals surface area contributed by atoms with E-state index >= 15 is 0 Å². The fraction of sp³-hybridized carbons (Fsp3) is 0.375. The van der Waals surface area contributed by atoms with Crippen molar-refractivity contribution in [2.24, 2.45) is 11.8 Å². The molecule has 9 heteroatoms. The normalized spacial score (nSPS) is 30.1. The number of aryl methyl sites for hydroxylation is 1. The van der Waals surface area contributed by atoms with Crippen LogP contribution in [0, 0.1) is 18.8 Å². The molecule has 0 saturated carbocycles. The predicted molar refractivity (Wildman–Crippen MR) is 115 cm³/mol. The zero-order valence-electron chi connectivity index (χ0n) is 18.1. The van der Waals surface area contributed by atoms with Crippen LogP contribution in [0.4, 0.5) is 5.69 Å². The van der Waals surface area contributed by atoms with Crippen LogP contribution in [0.5, 0.6) is 11.5 Å². The van der Waals surface area contributed by atoms with E-state index in [4.69, 9.17) is 9.47 Å². The number of rotatable bonds is 3. The van der Waals surface area contributed by atoms with Crippen molar-refractivity contribution in [2.75, 3.05) is 12.1 Å². The third-order valence-electron chi connectivity index (χ3n) is 7.19. The van der Waals surface area contributed by atoms with Crippen LogP contribution in [0.15, 0.2) is 36.4 Å². The number of carbonyl (C=O) groups excluding carboxylic acids is 3. The topological polar surface area (TPSA) is 117 Å². The summed E-state index contributed by atoms with van der Waals surface area (Å²) in [5, 5.41) is 16.6. The number of ether oxygens (including phenoxy) is 2. The van der Waals surface area contributed by atoms with E-state index in [0.717, 1.165) is 5.56 Å². The number of carbonyl (C=O) groups is 3. The molecule has 3 N–H and O–H groups in total. The molecule has 0 radical (unpaired) electrons. The summed E-state index contributed by atoms with van der Waals surface area (Å²) in [6, 6.07) is 10.1. The average Bonchev–Trinajstić information content (AvgIpc) is 3.51. The summed E-state index contributed by atoms with van der Waals surface area (Å²) >= 11 is 0. The first-order valence-electron chi connectivity index (χ1n) is 10.9. The second-order valence-electron chi connectivity index (χ2n) is 9.18. The molecule has 2 saturated heterocycles. The summed E-state index contributed by atoms with van der Waals surface area (Å²) in [7, 11) is 0. The highest BCUT2D eigenvalue weighted by Crippen LogP contribution is 2.53. The number of fused-ring (bicyclic) bond motifs is 5. The van der Waals surface area contributed by atoms with Crippen LogP contribution < -0.4 is 20.1 Å². The number of hydrogen-bond donors (Lipinski definition) is 3. The Morgan fingerprint density at radius 2 is 1.91 bits per heavy atom. The number of nitrogens with one attached hydrogen (secondary N) is 2. The van der Waals surface area contributed by atoms with E-state index in [-0.39, 0.29) is 19.2 Å². The van der Waals surface area contributed by atoms with Crippen LogP contribution in [0.3, 0.4) is 0 Å². The Morgan fingerprint density at radius 1 is 1.12 bits per heavy atom. The zero-order chi connectivity index (χ0) is 23.1. The number of amides is 3. The summed E-state index contributed by atoms with van der Waals surface area (Å²) in [6.45, 7) is 3.65. The molecule has 4 aliphatic rings. The Hall–Kier alpha value is -3.43. The first-order valence-corrected chi connectivity index (χ1v) is 10.9. The first kappa shape index (κ1) is 20.2. The van der Waals surface area contributed by atoms with Gasteiger partial charge in [0, 0.05) is 17.3 Å². The van der Waals surface area contributed by atoms with Gasteiger partial charge in [-0.2, -0.15) is 0 Å². The number of aliphatic hydroxyl groups excluding tert-OH is 1. The first-order chi connectivity index (χ1) is 15.8. The minimum Gasteiger partial charge on any atom is -0.454 e. The van der Waals surface area contributed by atoms with Crippen LogP contribution in [-0.4, -0.2) is 46.7 Å². The van der Waals surface area contributed by atoms with Crippen LogP contribution in [-0.2, 0) is 26.5 Å². The lowest BCUT2D eigenvalue weighted by molar-refractivity contribution is -0.143. The predicted octanol–water partition coefficient (Wildman–Crippen LogP) is 1.03. The molecule has 33 heavy (non-hydrogen) atoms. The van der Waals surface area contributed by atoms with Gasteiger partial charge >= 0.3 is 0 Å². The lowest BCUT2D eigenvalue weighted by atomic mass is 9.76. The van der Waals surface area contributed by atoms with Crippen LogP contribution in [0.2, 0.25) is 0 Å². The molecular weight excluding hydrogens is 426 g/mol. The Morgan fingerprint density at radius 3 is 2.70 bits per heavy atom. The van der Waals surface area contributed by atoms with Crippen molar-refractivity contribution in [3.8, 4) is 11.5 Å². The highest BCUT2D eigenvalue weighted by molar-refractivity contribution is 6.15. The molecular formula is C24H23N3O6. The Kier molecular flexibility index (Phi) is 4.15. The Bertz CT molecular complexity index is 1230. The number of benzene rings is 2. The summed E-state index contributed by atoms with van der Waals surface area (Å²) in [6.07, 6.45) is -0.944. The maximum Gasteiger partial charge on any atom is 0.250 e. The summed E-state index contributed by atoms with van der Waals surface area (Å²) in [5.74, 6) is -1.85. The van der Waals surface area contributed by atoms with Crippen molar-refractivity contribution in [3.05, 3.63) is 53.1 Å². The number of nitrogens with zero attached hydrogens (tertiary/aromatic N) is 1.